The van der Waals surface area contributed by atoms with Crippen molar-refractivity contribution in [3.63, 3.8) is 0 Å². The second-order valence-corrected chi connectivity index (χ2v) is 11.3. The lowest BCUT2D eigenvalue weighted by Gasteiger charge is -2.28. The summed E-state index contributed by atoms with van der Waals surface area (Å²) in [5.41, 5.74) is 1.56. The van der Waals surface area contributed by atoms with Gasteiger partial charge in [0.05, 0.1) is 12.9 Å². The van der Waals surface area contributed by atoms with Gasteiger partial charge in [0, 0.05) is 38.3 Å². The third kappa shape index (κ3) is 10.4. The topological polar surface area (TPSA) is 194 Å². The molecule has 45 heavy (non-hydrogen) atoms. The zero-order valence-electron chi connectivity index (χ0n) is 26.2. The van der Waals surface area contributed by atoms with E-state index in [0.29, 0.717) is 38.0 Å². The van der Waals surface area contributed by atoms with Crippen molar-refractivity contribution in [2.45, 2.75) is 84.1 Å². The Morgan fingerprint density at radius 2 is 1.71 bits per heavy atom. The number of rotatable bonds is 15. The van der Waals surface area contributed by atoms with Crippen molar-refractivity contribution in [1.82, 2.24) is 41.5 Å². The fourth-order valence-electron chi connectivity index (χ4n) is 5.05. The summed E-state index contributed by atoms with van der Waals surface area (Å²) in [6.07, 6.45) is 4.81. The van der Waals surface area contributed by atoms with E-state index >= 15 is 0 Å². The number of nitrogens with one attached hydrogen (secondary N) is 6. The molecule has 14 heteroatoms. The van der Waals surface area contributed by atoms with E-state index in [-0.39, 0.29) is 24.8 Å². The summed E-state index contributed by atoms with van der Waals surface area (Å²) >= 11 is 0. The minimum atomic E-state index is -1.01. The van der Waals surface area contributed by atoms with Gasteiger partial charge in [-0.05, 0) is 31.2 Å². The Hall–Kier alpha value is -4.75. The molecule has 0 bridgehead atoms. The first-order chi connectivity index (χ1) is 21.5. The van der Waals surface area contributed by atoms with Gasteiger partial charge in [-0.25, -0.2) is 4.98 Å². The summed E-state index contributed by atoms with van der Waals surface area (Å²) in [4.78, 5) is 84.9. The van der Waals surface area contributed by atoms with E-state index in [4.69, 9.17) is 0 Å². The minimum absolute atomic E-state index is 0.142. The van der Waals surface area contributed by atoms with Crippen molar-refractivity contribution in [3.8, 4) is 0 Å². The Labute approximate surface area is 262 Å². The van der Waals surface area contributed by atoms with Crippen LogP contribution in [0.25, 0.3) is 0 Å². The zero-order valence-corrected chi connectivity index (χ0v) is 26.2. The summed E-state index contributed by atoms with van der Waals surface area (Å²) in [5.74, 6) is -2.91. The number of hydrogen-bond donors (Lipinski definition) is 6. The predicted molar refractivity (Wildman–Crippen MR) is 165 cm³/mol. The first kappa shape index (κ1) is 34.7. The van der Waals surface area contributed by atoms with Crippen molar-refractivity contribution in [2.75, 3.05) is 13.1 Å². The fourth-order valence-corrected chi connectivity index (χ4v) is 5.05. The van der Waals surface area contributed by atoms with E-state index in [0.717, 1.165) is 5.56 Å². The first-order valence-electron chi connectivity index (χ1n) is 15.2. The van der Waals surface area contributed by atoms with E-state index < -0.39 is 53.7 Å². The van der Waals surface area contributed by atoms with Crippen molar-refractivity contribution in [3.05, 3.63) is 54.1 Å². The standard InChI is InChI=1S/C31H44N8O6/c1-5-19(2)27(31(45)33-15-22-10-7-6-8-11-22)38-30(44)25-12-9-13-39(25)26(41)17-34-28(42)20(3)36-29(43)24(37-21(4)40)14-23-16-32-18-35-23/h6-8,10-11,16,18-20,24-25,27H,5,9,12-15,17H2,1-4H3,(H,32,35)(H,33,45)(H,34,42)(H,36,43)(H,37,40)(H,38,44)/t19-,20-,24-,25-,27-/m0/s1. The molecule has 0 unspecified atom stereocenters. The highest BCUT2D eigenvalue weighted by molar-refractivity contribution is 5.95. The first-order valence-corrected chi connectivity index (χ1v) is 15.2. The Morgan fingerprint density at radius 1 is 0.978 bits per heavy atom. The average Bonchev–Trinajstić information content (AvgIpc) is 3.73. The van der Waals surface area contributed by atoms with Gasteiger partial charge in [-0.15, -0.1) is 0 Å². The van der Waals surface area contributed by atoms with E-state index in [1.807, 2.05) is 44.2 Å². The molecule has 14 nitrogen and oxygen atoms in total. The summed E-state index contributed by atoms with van der Waals surface area (Å²) < 4.78 is 0. The molecule has 3 rings (SSSR count). The lowest BCUT2D eigenvalue weighted by atomic mass is 9.97. The normalized spacial score (nSPS) is 16.9. The fraction of sp³-hybridized carbons (Fsp3) is 0.516. The van der Waals surface area contributed by atoms with E-state index in [1.165, 1.54) is 31.3 Å². The molecule has 1 aromatic carbocycles. The maximum atomic E-state index is 13.3. The molecule has 0 spiro atoms. The number of nitrogens with zero attached hydrogens (tertiary/aromatic N) is 2. The average molecular weight is 625 g/mol. The second kappa shape index (κ2) is 16.9. The van der Waals surface area contributed by atoms with Crippen molar-refractivity contribution >= 4 is 35.4 Å². The van der Waals surface area contributed by atoms with Gasteiger partial charge in [0.25, 0.3) is 0 Å². The Kier molecular flexibility index (Phi) is 13.1. The molecule has 1 aromatic heterocycles. The van der Waals surface area contributed by atoms with Gasteiger partial charge in [-0.3, -0.25) is 28.8 Å². The number of hydrogen-bond acceptors (Lipinski definition) is 7. The highest BCUT2D eigenvalue weighted by atomic mass is 16.2. The van der Waals surface area contributed by atoms with Crippen LogP contribution in [0.2, 0.25) is 0 Å². The molecule has 6 amide bonds. The molecular formula is C31H44N8O6. The molecule has 6 N–H and O–H groups in total. The van der Waals surface area contributed by atoms with Crippen LogP contribution in [0.4, 0.5) is 0 Å². The van der Waals surface area contributed by atoms with Gasteiger partial charge in [0.2, 0.25) is 35.4 Å². The van der Waals surface area contributed by atoms with Crippen molar-refractivity contribution in [1.29, 1.82) is 0 Å². The maximum Gasteiger partial charge on any atom is 0.243 e. The lowest BCUT2D eigenvalue weighted by molar-refractivity contribution is -0.140. The number of carbonyl (C=O) groups is 6. The molecule has 0 saturated carbocycles. The molecule has 1 saturated heterocycles. The summed E-state index contributed by atoms with van der Waals surface area (Å²) in [6.45, 7) is 6.85. The molecule has 5 atom stereocenters. The SMILES string of the molecule is CC[C@H](C)[C@H](NC(=O)[C@@H]1CCCN1C(=O)CNC(=O)[C@H](C)NC(=O)[C@H](Cc1cnc[nH]1)NC(C)=O)C(=O)NCc1ccccc1. The lowest BCUT2D eigenvalue weighted by Crippen LogP contribution is -2.56. The third-order valence-electron chi connectivity index (χ3n) is 7.82. The van der Waals surface area contributed by atoms with Gasteiger partial charge >= 0.3 is 0 Å². The van der Waals surface area contributed by atoms with Crippen LogP contribution in [0, 0.1) is 5.92 Å². The number of carbonyl (C=O) groups excluding carboxylic acids is 6. The molecule has 1 aliphatic heterocycles. The minimum Gasteiger partial charge on any atom is -0.350 e. The largest absolute Gasteiger partial charge is 0.350 e. The Morgan fingerprint density at radius 3 is 2.36 bits per heavy atom. The number of amides is 6. The number of aromatic nitrogens is 2. The number of aromatic amines is 1. The molecular weight excluding hydrogens is 580 g/mol. The molecule has 2 aromatic rings. The van der Waals surface area contributed by atoms with E-state index in [1.54, 1.807) is 0 Å². The van der Waals surface area contributed by atoms with Crippen LogP contribution in [-0.2, 0) is 41.7 Å². The number of likely N-dealkylation sites (tertiary alicyclic amines) is 1. The molecule has 0 aliphatic carbocycles. The monoisotopic (exact) mass is 624 g/mol. The van der Waals surface area contributed by atoms with Crippen LogP contribution in [0.1, 0.15) is 58.2 Å². The molecule has 1 fully saturated rings. The Bertz CT molecular complexity index is 1320. The summed E-state index contributed by atoms with van der Waals surface area (Å²) in [6, 6.07) is 5.96. The van der Waals surface area contributed by atoms with Crippen molar-refractivity contribution < 1.29 is 28.8 Å². The molecule has 244 valence electrons. The quantitative estimate of drug-likeness (QED) is 0.159. The van der Waals surface area contributed by atoms with Gasteiger partial charge in [0.15, 0.2) is 0 Å². The molecule has 1 aliphatic rings. The van der Waals surface area contributed by atoms with Crippen LogP contribution in [-0.4, -0.2) is 87.6 Å². The van der Waals surface area contributed by atoms with Gasteiger partial charge in [0.1, 0.15) is 24.2 Å². The van der Waals surface area contributed by atoms with Crippen LogP contribution in [0.15, 0.2) is 42.9 Å². The van der Waals surface area contributed by atoms with Gasteiger partial charge in [-0.2, -0.15) is 0 Å². The summed E-state index contributed by atoms with van der Waals surface area (Å²) in [7, 11) is 0. The van der Waals surface area contributed by atoms with Crippen LogP contribution in [0.3, 0.4) is 0 Å². The van der Waals surface area contributed by atoms with Crippen LogP contribution < -0.4 is 26.6 Å². The second-order valence-electron chi connectivity index (χ2n) is 11.3. The summed E-state index contributed by atoms with van der Waals surface area (Å²) in [5, 5.41) is 13.4. The number of H-pyrrole nitrogens is 1. The third-order valence-corrected chi connectivity index (χ3v) is 7.82. The van der Waals surface area contributed by atoms with Crippen LogP contribution in [0.5, 0.6) is 0 Å². The smallest absolute Gasteiger partial charge is 0.243 e. The maximum absolute atomic E-state index is 13.3. The van der Waals surface area contributed by atoms with Crippen molar-refractivity contribution in [2.24, 2.45) is 5.92 Å². The molecule has 2 heterocycles. The predicted octanol–water partition coefficient (Wildman–Crippen LogP) is -0.0839. The number of imidazole rings is 1. The Balaban J connectivity index is 1.53. The van der Waals surface area contributed by atoms with Gasteiger partial charge in [-0.1, -0.05) is 50.6 Å². The zero-order chi connectivity index (χ0) is 32.9. The molecule has 0 radical (unpaired) electrons. The van der Waals surface area contributed by atoms with Crippen LogP contribution >= 0.6 is 0 Å². The van der Waals surface area contributed by atoms with E-state index in [2.05, 4.69) is 36.6 Å². The van der Waals surface area contributed by atoms with Gasteiger partial charge < -0.3 is 36.5 Å². The number of benzene rings is 1. The van der Waals surface area contributed by atoms with E-state index in [9.17, 15) is 28.8 Å². The highest BCUT2D eigenvalue weighted by Crippen LogP contribution is 2.19. The highest BCUT2D eigenvalue weighted by Gasteiger charge is 2.37.